The third-order valence-electron chi connectivity index (χ3n) is 6.55. The number of carbonyl (C=O) groups is 1. The fourth-order valence-corrected chi connectivity index (χ4v) is 6.10. The van der Waals surface area contributed by atoms with E-state index < -0.39 is 4.92 Å². The molecule has 0 saturated heterocycles. The van der Waals surface area contributed by atoms with E-state index in [4.69, 9.17) is 16.3 Å². The highest BCUT2D eigenvalue weighted by molar-refractivity contribution is 6.33. The summed E-state index contributed by atoms with van der Waals surface area (Å²) in [4.78, 5) is 22.3. The SMILES string of the molecule is O=C(NCCNc1ccc([N+](=O)[O-])cc1Cl)OCC12CC3CC(CC(C3)C1)C2. The van der Waals surface area contributed by atoms with Crippen LogP contribution in [0.25, 0.3) is 0 Å². The summed E-state index contributed by atoms with van der Waals surface area (Å²) in [6.45, 7) is 1.36. The molecule has 0 spiro atoms. The number of hydrogen-bond acceptors (Lipinski definition) is 5. The number of carbonyl (C=O) groups excluding carboxylic acids is 1. The molecule has 4 saturated carbocycles. The second kappa shape index (κ2) is 7.78. The van der Waals surface area contributed by atoms with Crippen LogP contribution >= 0.6 is 11.6 Å². The van der Waals surface area contributed by atoms with E-state index in [1.807, 2.05) is 0 Å². The number of ether oxygens (including phenoxy) is 1. The Morgan fingerprint density at radius 2 is 1.82 bits per heavy atom. The lowest BCUT2D eigenvalue weighted by atomic mass is 9.50. The summed E-state index contributed by atoms with van der Waals surface area (Å²) in [7, 11) is 0. The number of nitro benzene ring substituents is 1. The lowest BCUT2D eigenvalue weighted by Gasteiger charge is -2.56. The van der Waals surface area contributed by atoms with Crippen molar-refractivity contribution >= 4 is 29.1 Å². The minimum absolute atomic E-state index is 0.0538. The van der Waals surface area contributed by atoms with Gasteiger partial charge >= 0.3 is 6.09 Å². The quantitative estimate of drug-likeness (QED) is 0.391. The molecule has 2 N–H and O–H groups in total. The molecule has 0 unspecified atom stereocenters. The van der Waals surface area contributed by atoms with Gasteiger partial charge in [-0.1, -0.05) is 11.6 Å². The first-order valence-electron chi connectivity index (χ1n) is 10.0. The predicted molar refractivity (Wildman–Crippen MR) is 107 cm³/mol. The molecule has 0 aliphatic heterocycles. The zero-order valence-electron chi connectivity index (χ0n) is 15.8. The maximum atomic E-state index is 12.1. The van der Waals surface area contributed by atoms with Crippen LogP contribution in [0.2, 0.25) is 5.02 Å². The molecule has 0 radical (unpaired) electrons. The van der Waals surface area contributed by atoms with Crippen LogP contribution in [0.3, 0.4) is 0 Å². The van der Waals surface area contributed by atoms with Crippen LogP contribution in [0.1, 0.15) is 38.5 Å². The second-order valence-corrected chi connectivity index (χ2v) is 9.18. The maximum absolute atomic E-state index is 12.1. The first-order chi connectivity index (χ1) is 13.4. The Morgan fingerprint density at radius 1 is 1.18 bits per heavy atom. The molecule has 4 fully saturated rings. The molecule has 4 aliphatic carbocycles. The van der Waals surface area contributed by atoms with Crippen molar-refractivity contribution in [1.82, 2.24) is 5.32 Å². The smallest absolute Gasteiger partial charge is 0.407 e. The van der Waals surface area contributed by atoms with E-state index in [9.17, 15) is 14.9 Å². The average Bonchev–Trinajstić information content (AvgIpc) is 2.63. The molecule has 0 aromatic heterocycles. The van der Waals surface area contributed by atoms with Crippen LogP contribution in [0.15, 0.2) is 18.2 Å². The number of non-ortho nitro benzene ring substituents is 1. The number of rotatable bonds is 7. The number of nitrogens with one attached hydrogen (secondary N) is 2. The molecule has 152 valence electrons. The predicted octanol–water partition coefficient (Wildman–Crippen LogP) is 4.60. The van der Waals surface area contributed by atoms with Gasteiger partial charge in [-0.25, -0.2) is 4.79 Å². The molecule has 0 heterocycles. The standard InChI is InChI=1S/C20H26ClN3O4/c21-17-8-16(24(26)27)1-2-18(17)22-3-4-23-19(25)28-12-20-9-13-5-14(10-20)7-15(6-13)11-20/h1-2,8,13-15,22H,3-7,9-12H2,(H,23,25). The third kappa shape index (κ3) is 4.19. The van der Waals surface area contributed by atoms with Gasteiger partial charge in [-0.05, 0) is 62.3 Å². The average molecular weight is 408 g/mol. The van der Waals surface area contributed by atoms with Crippen molar-refractivity contribution in [3.63, 3.8) is 0 Å². The lowest BCUT2D eigenvalue weighted by Crippen LogP contribution is -2.48. The maximum Gasteiger partial charge on any atom is 0.407 e. The minimum Gasteiger partial charge on any atom is -0.449 e. The molecular weight excluding hydrogens is 382 g/mol. The van der Waals surface area contributed by atoms with Crippen molar-refractivity contribution in [3.05, 3.63) is 33.3 Å². The molecule has 8 heteroatoms. The number of alkyl carbamates (subject to hydrolysis) is 1. The monoisotopic (exact) mass is 407 g/mol. The van der Waals surface area contributed by atoms with E-state index in [2.05, 4.69) is 10.6 Å². The van der Waals surface area contributed by atoms with Crippen LogP contribution in [0.4, 0.5) is 16.2 Å². The number of nitrogens with zero attached hydrogens (tertiary/aromatic N) is 1. The Labute approximate surface area is 169 Å². The first-order valence-corrected chi connectivity index (χ1v) is 10.4. The summed E-state index contributed by atoms with van der Waals surface area (Å²) in [5.41, 5.74) is 0.759. The molecule has 7 nitrogen and oxygen atoms in total. The molecule has 1 amide bonds. The summed E-state index contributed by atoms with van der Waals surface area (Å²) < 4.78 is 5.57. The van der Waals surface area contributed by atoms with E-state index in [0.717, 1.165) is 17.8 Å². The molecule has 4 bridgehead atoms. The Kier molecular flexibility index (Phi) is 5.36. The minimum atomic E-state index is -0.489. The van der Waals surface area contributed by atoms with Gasteiger partial charge in [0.25, 0.3) is 5.69 Å². The highest BCUT2D eigenvalue weighted by Gasteiger charge is 2.51. The topological polar surface area (TPSA) is 93.5 Å². The van der Waals surface area contributed by atoms with Crippen molar-refractivity contribution < 1.29 is 14.5 Å². The van der Waals surface area contributed by atoms with Crippen molar-refractivity contribution in [1.29, 1.82) is 0 Å². The zero-order valence-corrected chi connectivity index (χ0v) is 16.5. The summed E-state index contributed by atoms with van der Waals surface area (Å²) >= 11 is 6.04. The van der Waals surface area contributed by atoms with Crippen molar-refractivity contribution in [2.45, 2.75) is 38.5 Å². The highest BCUT2D eigenvalue weighted by atomic mass is 35.5. The summed E-state index contributed by atoms with van der Waals surface area (Å²) in [5, 5.41) is 16.8. The molecular formula is C20H26ClN3O4. The van der Waals surface area contributed by atoms with E-state index in [-0.39, 0.29) is 22.2 Å². The van der Waals surface area contributed by atoms with Gasteiger partial charge in [0, 0.05) is 30.6 Å². The number of amides is 1. The zero-order chi connectivity index (χ0) is 19.7. The third-order valence-corrected chi connectivity index (χ3v) is 6.86. The van der Waals surface area contributed by atoms with Crippen LogP contribution in [0, 0.1) is 33.3 Å². The Hall–Kier alpha value is -2.02. The molecule has 1 aromatic rings. The Morgan fingerprint density at radius 3 is 2.39 bits per heavy atom. The molecule has 28 heavy (non-hydrogen) atoms. The summed E-state index contributed by atoms with van der Waals surface area (Å²) in [6.07, 6.45) is 7.39. The lowest BCUT2D eigenvalue weighted by molar-refractivity contribution is -0.384. The van der Waals surface area contributed by atoms with Gasteiger partial charge in [-0.2, -0.15) is 0 Å². The Bertz CT molecular complexity index is 735. The van der Waals surface area contributed by atoms with Crippen molar-refractivity contribution in [2.24, 2.45) is 23.2 Å². The van der Waals surface area contributed by atoms with Gasteiger partial charge in [0.15, 0.2) is 0 Å². The Balaban J connectivity index is 1.18. The van der Waals surface area contributed by atoms with Gasteiger partial charge in [0.1, 0.15) is 0 Å². The number of benzene rings is 1. The fraction of sp³-hybridized carbons (Fsp3) is 0.650. The number of halogens is 1. The van der Waals surface area contributed by atoms with Crippen LogP contribution in [-0.2, 0) is 4.74 Å². The first kappa shape index (κ1) is 19.3. The molecule has 1 aromatic carbocycles. The largest absolute Gasteiger partial charge is 0.449 e. The normalized spacial score (nSPS) is 30.1. The van der Waals surface area contributed by atoms with E-state index in [1.165, 1.54) is 50.7 Å². The number of nitro groups is 1. The molecule has 0 atom stereocenters. The van der Waals surface area contributed by atoms with Crippen molar-refractivity contribution in [2.75, 3.05) is 25.0 Å². The van der Waals surface area contributed by atoms with Crippen LogP contribution < -0.4 is 10.6 Å². The van der Waals surface area contributed by atoms with E-state index in [1.54, 1.807) is 6.07 Å². The van der Waals surface area contributed by atoms with Gasteiger partial charge in [-0.3, -0.25) is 10.1 Å². The van der Waals surface area contributed by atoms with Crippen LogP contribution in [0.5, 0.6) is 0 Å². The fourth-order valence-electron chi connectivity index (χ4n) is 5.86. The number of hydrogen-bond donors (Lipinski definition) is 2. The van der Waals surface area contributed by atoms with Gasteiger partial charge in [-0.15, -0.1) is 0 Å². The highest BCUT2D eigenvalue weighted by Crippen LogP contribution is 2.60. The molecule has 5 rings (SSSR count). The van der Waals surface area contributed by atoms with E-state index in [0.29, 0.717) is 25.4 Å². The molecule has 4 aliphatic rings. The summed E-state index contributed by atoms with van der Waals surface area (Å²) in [6, 6.07) is 4.25. The number of anilines is 1. The second-order valence-electron chi connectivity index (χ2n) is 8.77. The summed E-state index contributed by atoms with van der Waals surface area (Å²) in [5.74, 6) is 2.52. The van der Waals surface area contributed by atoms with Gasteiger partial charge in [0.05, 0.1) is 22.2 Å². The van der Waals surface area contributed by atoms with Crippen LogP contribution in [-0.4, -0.2) is 30.7 Å². The van der Waals surface area contributed by atoms with Gasteiger partial charge in [0.2, 0.25) is 0 Å². The van der Waals surface area contributed by atoms with Crippen molar-refractivity contribution in [3.8, 4) is 0 Å². The van der Waals surface area contributed by atoms with Gasteiger partial charge < -0.3 is 15.4 Å². The van der Waals surface area contributed by atoms with E-state index >= 15 is 0 Å².